The first-order chi connectivity index (χ1) is 15.5. The predicted molar refractivity (Wildman–Crippen MR) is 125 cm³/mol. The van der Waals surface area contributed by atoms with Gasteiger partial charge in [-0.25, -0.2) is 0 Å². The molecule has 2 aliphatic rings. The molecule has 1 aromatic rings. The van der Waals surface area contributed by atoms with Crippen LogP contribution in [-0.4, -0.2) is 72.1 Å². The molecule has 2 saturated heterocycles. The Balaban J connectivity index is 1.86. The Morgan fingerprint density at radius 3 is 2.45 bits per heavy atom. The molecule has 2 heterocycles. The van der Waals surface area contributed by atoms with E-state index in [2.05, 4.69) is 5.32 Å². The van der Waals surface area contributed by atoms with Gasteiger partial charge in [-0.2, -0.15) is 0 Å². The largest absolute Gasteiger partial charge is 0.497 e. The summed E-state index contributed by atoms with van der Waals surface area (Å²) >= 11 is 0. The number of rotatable bonds is 5. The van der Waals surface area contributed by atoms with Crippen LogP contribution >= 0.6 is 0 Å². The summed E-state index contributed by atoms with van der Waals surface area (Å²) in [4.78, 5) is 42.9. The van der Waals surface area contributed by atoms with E-state index in [4.69, 9.17) is 9.47 Å². The van der Waals surface area contributed by atoms with Crippen LogP contribution in [0, 0.1) is 5.41 Å². The highest BCUT2D eigenvalue weighted by Gasteiger charge is 2.54. The molecule has 8 heteroatoms. The van der Waals surface area contributed by atoms with Gasteiger partial charge >= 0.3 is 0 Å². The van der Waals surface area contributed by atoms with Gasteiger partial charge in [0.2, 0.25) is 11.8 Å². The summed E-state index contributed by atoms with van der Waals surface area (Å²) in [7, 11) is 1.55. The van der Waals surface area contributed by atoms with Crippen molar-refractivity contribution < 1.29 is 23.9 Å². The standard InChI is InChI=1S/C25H37N3O5/c1-17(2)26-22(30)20-16-33-25(10-12-27(13-11-25)21(29)15-24(3,4)5)28(20)23(31)18-8-7-9-19(14-18)32-6/h7-9,14,17,20H,10-13,15-16H2,1-6H3,(H,26,30). The predicted octanol–water partition coefficient (Wildman–Crippen LogP) is 2.82. The lowest BCUT2D eigenvalue weighted by atomic mass is 9.90. The van der Waals surface area contributed by atoms with E-state index >= 15 is 0 Å². The molecule has 8 nitrogen and oxygen atoms in total. The molecule has 0 aromatic heterocycles. The summed E-state index contributed by atoms with van der Waals surface area (Å²) in [6.45, 7) is 11.0. The van der Waals surface area contributed by atoms with Crippen LogP contribution in [-0.2, 0) is 14.3 Å². The zero-order valence-corrected chi connectivity index (χ0v) is 20.6. The molecule has 1 N–H and O–H groups in total. The lowest BCUT2D eigenvalue weighted by Gasteiger charge is -2.45. The van der Waals surface area contributed by atoms with Crippen molar-refractivity contribution in [3.05, 3.63) is 29.8 Å². The van der Waals surface area contributed by atoms with E-state index in [1.807, 2.05) is 39.5 Å². The highest BCUT2D eigenvalue weighted by Crippen LogP contribution is 2.39. The molecule has 0 aliphatic carbocycles. The van der Waals surface area contributed by atoms with Crippen molar-refractivity contribution >= 4 is 17.7 Å². The summed E-state index contributed by atoms with van der Waals surface area (Å²) in [5, 5.41) is 2.92. The fourth-order valence-corrected chi connectivity index (χ4v) is 4.51. The Kier molecular flexibility index (Phi) is 7.36. The van der Waals surface area contributed by atoms with Gasteiger partial charge in [-0.15, -0.1) is 0 Å². The van der Waals surface area contributed by atoms with Gasteiger partial charge in [-0.05, 0) is 37.5 Å². The van der Waals surface area contributed by atoms with Gasteiger partial charge in [0.25, 0.3) is 5.91 Å². The van der Waals surface area contributed by atoms with E-state index in [9.17, 15) is 14.4 Å². The first-order valence-electron chi connectivity index (χ1n) is 11.7. The Morgan fingerprint density at radius 1 is 1.21 bits per heavy atom. The van der Waals surface area contributed by atoms with Crippen molar-refractivity contribution in [1.82, 2.24) is 15.1 Å². The van der Waals surface area contributed by atoms with Crippen molar-refractivity contribution in [3.8, 4) is 5.75 Å². The third kappa shape index (κ3) is 5.66. The lowest BCUT2D eigenvalue weighted by molar-refractivity contribution is -0.145. The number of carbonyl (C=O) groups excluding carboxylic acids is 3. The van der Waals surface area contributed by atoms with Gasteiger partial charge in [0, 0.05) is 44.0 Å². The van der Waals surface area contributed by atoms with Gasteiger partial charge in [0.05, 0.1) is 13.7 Å². The Morgan fingerprint density at radius 2 is 1.88 bits per heavy atom. The molecular formula is C25H37N3O5. The number of ether oxygens (including phenoxy) is 2. The number of hydrogen-bond donors (Lipinski definition) is 1. The van der Waals surface area contributed by atoms with Gasteiger partial charge in [-0.3, -0.25) is 19.3 Å². The monoisotopic (exact) mass is 459 g/mol. The van der Waals surface area contributed by atoms with Crippen LogP contribution in [0.25, 0.3) is 0 Å². The van der Waals surface area contributed by atoms with Crippen LogP contribution in [0.4, 0.5) is 0 Å². The Hall–Kier alpha value is -2.61. The molecule has 1 spiro atoms. The van der Waals surface area contributed by atoms with Gasteiger partial charge < -0.3 is 19.7 Å². The molecule has 1 atom stereocenters. The molecule has 1 unspecified atom stereocenters. The number of benzene rings is 1. The highest BCUT2D eigenvalue weighted by molar-refractivity contribution is 5.98. The quantitative estimate of drug-likeness (QED) is 0.732. The van der Waals surface area contributed by atoms with Crippen molar-refractivity contribution in [2.45, 2.75) is 71.7 Å². The molecular weight excluding hydrogens is 422 g/mol. The number of piperidine rings is 1. The van der Waals surface area contributed by atoms with Crippen LogP contribution in [0.5, 0.6) is 5.75 Å². The smallest absolute Gasteiger partial charge is 0.257 e. The van der Waals surface area contributed by atoms with Crippen LogP contribution in [0.3, 0.4) is 0 Å². The topological polar surface area (TPSA) is 88.2 Å². The summed E-state index contributed by atoms with van der Waals surface area (Å²) in [6, 6.07) is 6.13. The average Bonchev–Trinajstić information content (AvgIpc) is 3.10. The van der Waals surface area contributed by atoms with Crippen molar-refractivity contribution in [3.63, 3.8) is 0 Å². The van der Waals surface area contributed by atoms with Gasteiger partial charge in [0.15, 0.2) is 0 Å². The molecule has 2 aliphatic heterocycles. The molecule has 0 saturated carbocycles. The minimum atomic E-state index is -0.919. The SMILES string of the molecule is COc1cccc(C(=O)N2C(C(=O)NC(C)C)COC23CCN(C(=O)CC(C)(C)C)CC3)c1. The number of methoxy groups -OCH3 is 1. The Labute approximate surface area is 196 Å². The van der Waals surface area contributed by atoms with E-state index < -0.39 is 11.8 Å². The molecule has 1 aromatic carbocycles. The number of nitrogens with zero attached hydrogens (tertiary/aromatic N) is 2. The average molecular weight is 460 g/mol. The summed E-state index contributed by atoms with van der Waals surface area (Å²) in [5.74, 6) is 0.171. The highest BCUT2D eigenvalue weighted by atomic mass is 16.5. The van der Waals surface area contributed by atoms with Gasteiger partial charge in [0.1, 0.15) is 17.5 Å². The zero-order valence-electron chi connectivity index (χ0n) is 20.6. The molecule has 3 amide bonds. The first-order valence-corrected chi connectivity index (χ1v) is 11.7. The zero-order chi connectivity index (χ0) is 24.4. The minimum absolute atomic E-state index is 0.0558. The second-order valence-corrected chi connectivity index (χ2v) is 10.5. The van der Waals surface area contributed by atoms with Gasteiger partial charge in [-0.1, -0.05) is 26.8 Å². The van der Waals surface area contributed by atoms with Crippen molar-refractivity contribution in [2.75, 3.05) is 26.8 Å². The van der Waals surface area contributed by atoms with E-state index in [1.165, 1.54) is 0 Å². The third-order valence-electron chi connectivity index (χ3n) is 6.11. The normalized spacial score (nSPS) is 20.3. The Bertz CT molecular complexity index is 884. The molecule has 2 fully saturated rings. The maximum absolute atomic E-state index is 13.7. The molecule has 0 bridgehead atoms. The van der Waals surface area contributed by atoms with E-state index in [0.29, 0.717) is 43.7 Å². The maximum atomic E-state index is 13.7. The number of amides is 3. The molecule has 182 valence electrons. The summed E-state index contributed by atoms with van der Waals surface area (Å²) < 4.78 is 11.5. The fourth-order valence-electron chi connectivity index (χ4n) is 4.51. The summed E-state index contributed by atoms with van der Waals surface area (Å²) in [5.41, 5.74) is -0.574. The molecule has 33 heavy (non-hydrogen) atoms. The maximum Gasteiger partial charge on any atom is 0.257 e. The van der Waals surface area contributed by atoms with E-state index in [-0.39, 0.29) is 35.8 Å². The second-order valence-electron chi connectivity index (χ2n) is 10.5. The van der Waals surface area contributed by atoms with Crippen molar-refractivity contribution in [1.29, 1.82) is 0 Å². The van der Waals surface area contributed by atoms with Crippen LogP contribution in [0.2, 0.25) is 0 Å². The molecule has 3 rings (SSSR count). The number of hydrogen-bond acceptors (Lipinski definition) is 5. The minimum Gasteiger partial charge on any atom is -0.497 e. The van der Waals surface area contributed by atoms with Crippen molar-refractivity contribution in [2.24, 2.45) is 5.41 Å². The van der Waals surface area contributed by atoms with E-state index in [0.717, 1.165) is 0 Å². The molecule has 0 radical (unpaired) electrons. The number of nitrogens with one attached hydrogen (secondary N) is 1. The summed E-state index contributed by atoms with van der Waals surface area (Å²) in [6.07, 6.45) is 1.39. The first kappa shape index (κ1) is 25.0. The lowest BCUT2D eigenvalue weighted by Crippen LogP contribution is -2.60. The number of carbonyl (C=O) groups is 3. The van der Waals surface area contributed by atoms with Crippen LogP contribution in [0.1, 0.15) is 64.2 Å². The van der Waals surface area contributed by atoms with Crippen LogP contribution in [0.15, 0.2) is 24.3 Å². The second kappa shape index (κ2) is 9.71. The van der Waals surface area contributed by atoms with Crippen LogP contribution < -0.4 is 10.1 Å². The third-order valence-corrected chi connectivity index (χ3v) is 6.11. The number of likely N-dealkylation sites (tertiary alicyclic amines) is 1. The van der Waals surface area contributed by atoms with E-state index in [1.54, 1.807) is 36.3 Å². The fraction of sp³-hybridized carbons (Fsp3) is 0.640.